The van der Waals surface area contributed by atoms with Crippen molar-refractivity contribution in [3.63, 3.8) is 0 Å². The lowest BCUT2D eigenvalue weighted by Crippen LogP contribution is -2.30. The first-order chi connectivity index (χ1) is 13.9. The van der Waals surface area contributed by atoms with E-state index >= 15 is 0 Å². The second-order valence-electron chi connectivity index (χ2n) is 7.52. The number of amidine groups is 2. The van der Waals surface area contributed by atoms with Gasteiger partial charge in [-0.1, -0.05) is 24.3 Å². The van der Waals surface area contributed by atoms with E-state index in [-0.39, 0.29) is 11.9 Å². The number of rotatable bonds is 6. The monoisotopic (exact) mass is 388 g/mol. The van der Waals surface area contributed by atoms with Gasteiger partial charge in [-0.2, -0.15) is 0 Å². The first kappa shape index (κ1) is 18.8. The van der Waals surface area contributed by atoms with Crippen LogP contribution in [0, 0.1) is 10.8 Å². The zero-order chi connectivity index (χ0) is 20.5. The lowest BCUT2D eigenvalue weighted by Gasteiger charge is -2.10. The van der Waals surface area contributed by atoms with Gasteiger partial charge in [0.25, 0.3) is 0 Å². The Bertz CT molecular complexity index is 1220. The normalized spacial score (nSPS) is 11.4. The van der Waals surface area contributed by atoms with Crippen molar-refractivity contribution in [2.75, 3.05) is 0 Å². The lowest BCUT2D eigenvalue weighted by molar-refractivity contribution is 0.510. The Labute approximate surface area is 168 Å². The SMILES string of the molecule is CC(C)NC(=N)c1ccc2cc(CCc3cc4ccc(C(=N)N)cc4o3)oc2c1. The molecule has 148 valence electrons. The molecule has 0 radical (unpaired) electrons. The van der Waals surface area contributed by atoms with Crippen LogP contribution in [0.25, 0.3) is 21.9 Å². The fraction of sp³-hybridized carbons (Fsp3) is 0.217. The predicted octanol–water partition coefficient (Wildman–Crippen LogP) is 4.57. The predicted molar refractivity (Wildman–Crippen MR) is 116 cm³/mol. The molecular weight excluding hydrogens is 364 g/mol. The maximum atomic E-state index is 8.14. The topological polar surface area (TPSA) is 112 Å². The molecule has 0 fully saturated rings. The maximum absolute atomic E-state index is 8.14. The van der Waals surface area contributed by atoms with Gasteiger partial charge in [-0.3, -0.25) is 10.8 Å². The highest BCUT2D eigenvalue weighted by Gasteiger charge is 2.11. The number of benzene rings is 2. The molecule has 0 saturated carbocycles. The van der Waals surface area contributed by atoms with Gasteiger partial charge in [-0.05, 0) is 38.1 Å². The molecule has 0 aliphatic heterocycles. The van der Waals surface area contributed by atoms with Crippen molar-refractivity contribution in [3.8, 4) is 0 Å². The molecule has 29 heavy (non-hydrogen) atoms. The summed E-state index contributed by atoms with van der Waals surface area (Å²) >= 11 is 0. The minimum absolute atomic E-state index is 0.0307. The van der Waals surface area contributed by atoms with Crippen molar-refractivity contribution in [1.82, 2.24) is 5.32 Å². The zero-order valence-corrected chi connectivity index (χ0v) is 16.5. The Hall–Kier alpha value is -3.54. The number of nitrogen functional groups attached to an aromatic ring is 1. The molecular formula is C23H24N4O2. The van der Waals surface area contributed by atoms with Crippen LogP contribution in [0.4, 0.5) is 0 Å². The van der Waals surface area contributed by atoms with E-state index in [0.29, 0.717) is 24.2 Å². The second-order valence-corrected chi connectivity index (χ2v) is 7.52. The number of nitrogens with two attached hydrogens (primary N) is 1. The zero-order valence-electron chi connectivity index (χ0n) is 16.5. The van der Waals surface area contributed by atoms with Crippen molar-refractivity contribution < 1.29 is 8.83 Å². The molecule has 0 unspecified atom stereocenters. The molecule has 0 spiro atoms. The Kier molecular flexibility index (Phi) is 4.84. The van der Waals surface area contributed by atoms with E-state index in [9.17, 15) is 0 Å². The number of furan rings is 2. The van der Waals surface area contributed by atoms with Crippen molar-refractivity contribution in [1.29, 1.82) is 10.8 Å². The molecule has 0 bridgehead atoms. The van der Waals surface area contributed by atoms with E-state index in [2.05, 4.69) is 5.32 Å². The second kappa shape index (κ2) is 7.47. The average Bonchev–Trinajstić information content (AvgIpc) is 3.27. The molecule has 5 N–H and O–H groups in total. The van der Waals surface area contributed by atoms with Gasteiger partial charge in [0.15, 0.2) is 0 Å². The average molecular weight is 388 g/mol. The van der Waals surface area contributed by atoms with Crippen LogP contribution in [0.1, 0.15) is 36.5 Å². The summed E-state index contributed by atoms with van der Waals surface area (Å²) in [6.45, 7) is 4.02. The van der Waals surface area contributed by atoms with E-state index in [1.165, 1.54) is 0 Å². The minimum atomic E-state index is 0.0307. The highest BCUT2D eigenvalue weighted by Crippen LogP contribution is 2.25. The van der Waals surface area contributed by atoms with Gasteiger partial charge < -0.3 is 19.9 Å². The highest BCUT2D eigenvalue weighted by molar-refractivity contribution is 5.99. The summed E-state index contributed by atoms with van der Waals surface area (Å²) in [5.74, 6) is 2.17. The Morgan fingerprint density at radius 3 is 1.90 bits per heavy atom. The van der Waals surface area contributed by atoms with Crippen LogP contribution < -0.4 is 11.1 Å². The smallest absolute Gasteiger partial charge is 0.135 e. The quantitative estimate of drug-likeness (QED) is 0.286. The van der Waals surface area contributed by atoms with Gasteiger partial charge in [-0.25, -0.2) is 0 Å². The third-order valence-corrected chi connectivity index (χ3v) is 4.79. The molecule has 2 aromatic heterocycles. The fourth-order valence-corrected chi connectivity index (χ4v) is 3.36. The molecule has 2 aromatic carbocycles. The molecule has 0 amide bonds. The van der Waals surface area contributed by atoms with Crippen LogP contribution in [0.3, 0.4) is 0 Å². The van der Waals surface area contributed by atoms with Gasteiger partial charge in [0.1, 0.15) is 34.4 Å². The van der Waals surface area contributed by atoms with E-state index in [1.807, 2.05) is 56.3 Å². The van der Waals surface area contributed by atoms with Crippen LogP contribution in [-0.4, -0.2) is 17.7 Å². The van der Waals surface area contributed by atoms with Crippen LogP contribution >= 0.6 is 0 Å². The van der Waals surface area contributed by atoms with Crippen molar-refractivity contribution in [2.24, 2.45) is 5.73 Å². The molecule has 0 saturated heterocycles. The van der Waals surface area contributed by atoms with Crippen LogP contribution in [0.5, 0.6) is 0 Å². The summed E-state index contributed by atoms with van der Waals surface area (Å²) in [5.41, 5.74) is 8.53. The van der Waals surface area contributed by atoms with Gasteiger partial charge in [-0.15, -0.1) is 0 Å². The molecule has 6 nitrogen and oxygen atoms in total. The standard InChI is InChI=1S/C23H24N4O2/c1-13(2)27-23(26)17-6-4-15-10-19(29-21(15)12-17)8-7-18-9-14-3-5-16(22(24)25)11-20(14)28-18/h3-6,9-13H,7-8H2,1-2H3,(H3,24,25)(H2,26,27). The molecule has 6 heteroatoms. The summed E-state index contributed by atoms with van der Waals surface area (Å²) in [5, 5.41) is 20.8. The lowest BCUT2D eigenvalue weighted by atomic mass is 10.1. The van der Waals surface area contributed by atoms with Gasteiger partial charge in [0, 0.05) is 40.8 Å². The Balaban J connectivity index is 1.50. The van der Waals surface area contributed by atoms with Gasteiger partial charge in [0.05, 0.1) is 0 Å². The maximum Gasteiger partial charge on any atom is 0.135 e. The number of hydrogen-bond acceptors (Lipinski definition) is 4. The number of hydrogen-bond donors (Lipinski definition) is 4. The number of nitrogens with one attached hydrogen (secondary N) is 3. The fourth-order valence-electron chi connectivity index (χ4n) is 3.36. The molecule has 4 aromatic rings. The van der Waals surface area contributed by atoms with Crippen molar-refractivity contribution in [2.45, 2.75) is 32.7 Å². The van der Waals surface area contributed by atoms with Crippen LogP contribution in [0.2, 0.25) is 0 Å². The van der Waals surface area contributed by atoms with E-state index in [4.69, 9.17) is 25.4 Å². The van der Waals surface area contributed by atoms with Crippen LogP contribution in [-0.2, 0) is 12.8 Å². The summed E-state index contributed by atoms with van der Waals surface area (Å²) in [6.07, 6.45) is 1.42. The summed E-state index contributed by atoms with van der Waals surface area (Å²) < 4.78 is 11.9. The number of aryl methyl sites for hydroxylation is 2. The van der Waals surface area contributed by atoms with Crippen molar-refractivity contribution >= 4 is 33.6 Å². The third kappa shape index (κ3) is 4.01. The van der Waals surface area contributed by atoms with Gasteiger partial charge in [0.2, 0.25) is 0 Å². The third-order valence-electron chi connectivity index (χ3n) is 4.79. The largest absolute Gasteiger partial charge is 0.461 e. The first-order valence-corrected chi connectivity index (χ1v) is 9.64. The molecule has 4 rings (SSSR count). The van der Waals surface area contributed by atoms with Crippen molar-refractivity contribution in [3.05, 3.63) is 71.2 Å². The molecule has 0 aliphatic rings. The molecule has 0 aliphatic carbocycles. The van der Waals surface area contributed by atoms with E-state index < -0.39 is 0 Å². The van der Waals surface area contributed by atoms with Crippen LogP contribution in [0.15, 0.2) is 57.4 Å². The summed E-state index contributed by atoms with van der Waals surface area (Å²) in [6, 6.07) is 15.6. The molecule has 0 atom stereocenters. The van der Waals surface area contributed by atoms with E-state index in [0.717, 1.165) is 39.0 Å². The summed E-state index contributed by atoms with van der Waals surface area (Å²) in [4.78, 5) is 0. The van der Waals surface area contributed by atoms with Gasteiger partial charge >= 0.3 is 0 Å². The first-order valence-electron chi connectivity index (χ1n) is 9.64. The highest BCUT2D eigenvalue weighted by atomic mass is 16.3. The van der Waals surface area contributed by atoms with E-state index in [1.54, 1.807) is 6.07 Å². The Morgan fingerprint density at radius 2 is 1.38 bits per heavy atom. The minimum Gasteiger partial charge on any atom is -0.461 e. The number of fused-ring (bicyclic) bond motifs is 2. The summed E-state index contributed by atoms with van der Waals surface area (Å²) in [7, 11) is 0. The molecule has 2 heterocycles. The Morgan fingerprint density at radius 1 is 0.862 bits per heavy atom.